The summed E-state index contributed by atoms with van der Waals surface area (Å²) in [5, 5.41) is 3.92. The fourth-order valence-electron chi connectivity index (χ4n) is 9.65. The van der Waals surface area contributed by atoms with Crippen molar-refractivity contribution in [1.82, 2.24) is 0 Å². The minimum Gasteiger partial charge on any atom is -0.310 e. The molecular weight excluding hydrogens is 763 g/mol. The summed E-state index contributed by atoms with van der Waals surface area (Å²) in [5.74, 6) is 0. The zero-order chi connectivity index (χ0) is 39.6. The lowest BCUT2D eigenvalue weighted by Gasteiger charge is -2.34. The summed E-state index contributed by atoms with van der Waals surface area (Å²) < 4.78 is 3.94. The largest absolute Gasteiger partial charge is 0.310 e. The normalized spacial score (nSPS) is 12.8. The molecular formula is C57H37NS2. The summed E-state index contributed by atoms with van der Waals surface area (Å²) in [4.78, 5) is 3.76. The van der Waals surface area contributed by atoms with Gasteiger partial charge in [-0.3, -0.25) is 0 Å². The van der Waals surface area contributed by atoms with E-state index in [0.717, 1.165) is 17.1 Å². The molecule has 282 valence electrons. The molecule has 0 spiro atoms. The maximum atomic E-state index is 2.47. The highest BCUT2D eigenvalue weighted by Gasteiger charge is 2.48. The van der Waals surface area contributed by atoms with Crippen LogP contribution in [-0.2, 0) is 5.41 Å². The Labute approximate surface area is 357 Å². The van der Waals surface area contributed by atoms with E-state index in [4.69, 9.17) is 0 Å². The van der Waals surface area contributed by atoms with Crippen molar-refractivity contribution in [2.75, 3.05) is 4.90 Å². The third kappa shape index (κ3) is 5.44. The van der Waals surface area contributed by atoms with Crippen LogP contribution in [0.1, 0.15) is 22.3 Å². The summed E-state index contributed by atoms with van der Waals surface area (Å²) in [6, 6.07) is 82.8. The van der Waals surface area contributed by atoms with Crippen molar-refractivity contribution >= 4 is 70.0 Å². The maximum Gasteiger partial charge on any atom is 0.0728 e. The van der Waals surface area contributed by atoms with Gasteiger partial charge in [0, 0.05) is 46.8 Å². The SMILES string of the molecule is c1ccc(-c2ccc(N(c3ccc(-c4ccc5c(c4)C(c4ccccc4)(c4ccccc4)c4c-5sc5ccccc45)cc3)c3ccc4sc5ccccc5c4c3)cc2)cc1. The van der Waals surface area contributed by atoms with Crippen LogP contribution in [0.25, 0.3) is 63.0 Å². The van der Waals surface area contributed by atoms with Crippen molar-refractivity contribution in [2.45, 2.75) is 5.41 Å². The van der Waals surface area contributed by atoms with Crippen LogP contribution in [0.15, 0.2) is 224 Å². The lowest BCUT2D eigenvalue weighted by atomic mass is 9.67. The molecule has 0 fully saturated rings. The van der Waals surface area contributed by atoms with Gasteiger partial charge in [0.05, 0.1) is 5.41 Å². The number of anilines is 3. The molecule has 1 nitrogen and oxygen atoms in total. The minimum atomic E-state index is -0.462. The van der Waals surface area contributed by atoms with Crippen LogP contribution in [0.4, 0.5) is 17.1 Å². The monoisotopic (exact) mass is 799 g/mol. The predicted octanol–water partition coefficient (Wildman–Crippen LogP) is 16.4. The molecule has 0 amide bonds. The van der Waals surface area contributed by atoms with Gasteiger partial charge in [0.1, 0.15) is 0 Å². The molecule has 0 unspecified atom stereocenters. The molecule has 9 aromatic carbocycles. The van der Waals surface area contributed by atoms with Crippen LogP contribution in [-0.4, -0.2) is 0 Å². The van der Waals surface area contributed by atoms with Gasteiger partial charge in [0.15, 0.2) is 0 Å². The summed E-state index contributed by atoms with van der Waals surface area (Å²) in [6.07, 6.45) is 0. The number of nitrogens with zero attached hydrogens (tertiary/aromatic N) is 1. The zero-order valence-corrected chi connectivity index (χ0v) is 34.3. The summed E-state index contributed by atoms with van der Waals surface area (Å²) in [7, 11) is 0. The number of thiophene rings is 2. The van der Waals surface area contributed by atoms with Crippen LogP contribution in [0.3, 0.4) is 0 Å². The van der Waals surface area contributed by atoms with E-state index in [1.807, 2.05) is 22.7 Å². The van der Waals surface area contributed by atoms with Gasteiger partial charge in [-0.2, -0.15) is 0 Å². The van der Waals surface area contributed by atoms with E-state index in [-0.39, 0.29) is 0 Å². The van der Waals surface area contributed by atoms with Crippen LogP contribution in [0.5, 0.6) is 0 Å². The first kappa shape index (κ1) is 35.0. The molecule has 60 heavy (non-hydrogen) atoms. The van der Waals surface area contributed by atoms with Gasteiger partial charge in [-0.1, -0.05) is 164 Å². The lowest BCUT2D eigenvalue weighted by molar-refractivity contribution is 0.777. The Hall–Kier alpha value is -7.04. The third-order valence-electron chi connectivity index (χ3n) is 12.4. The Bertz CT molecular complexity index is 3310. The van der Waals surface area contributed by atoms with Crippen molar-refractivity contribution < 1.29 is 0 Å². The molecule has 3 heteroatoms. The highest BCUT2D eigenvalue weighted by Crippen LogP contribution is 2.61. The van der Waals surface area contributed by atoms with Crippen LogP contribution >= 0.6 is 22.7 Å². The van der Waals surface area contributed by atoms with Crippen LogP contribution in [0, 0.1) is 0 Å². The molecule has 0 N–H and O–H groups in total. The van der Waals surface area contributed by atoms with E-state index >= 15 is 0 Å². The van der Waals surface area contributed by atoms with Gasteiger partial charge in [0.25, 0.3) is 0 Å². The van der Waals surface area contributed by atoms with Crippen molar-refractivity contribution in [3.63, 3.8) is 0 Å². The van der Waals surface area contributed by atoms with Crippen molar-refractivity contribution in [1.29, 1.82) is 0 Å². The highest BCUT2D eigenvalue weighted by molar-refractivity contribution is 7.25. The fraction of sp³-hybridized carbons (Fsp3) is 0.0175. The van der Waals surface area contributed by atoms with Gasteiger partial charge in [-0.15, -0.1) is 22.7 Å². The summed E-state index contributed by atoms with van der Waals surface area (Å²) in [5.41, 5.74) is 14.4. The summed E-state index contributed by atoms with van der Waals surface area (Å²) in [6.45, 7) is 0. The molecule has 11 aromatic rings. The Morgan fingerprint density at radius 3 is 1.47 bits per heavy atom. The molecule has 1 aliphatic carbocycles. The first-order chi connectivity index (χ1) is 29.7. The topological polar surface area (TPSA) is 3.24 Å². The Morgan fingerprint density at radius 1 is 0.333 bits per heavy atom. The lowest BCUT2D eigenvalue weighted by Crippen LogP contribution is -2.28. The number of fused-ring (bicyclic) bond motifs is 8. The quantitative estimate of drug-likeness (QED) is 0.155. The molecule has 0 saturated heterocycles. The standard InChI is InChI=1S/C57H37NS2/c1-4-14-38(15-5-1)39-24-29-44(30-25-39)58(46-33-35-54-50(37-46)47-20-10-12-22-52(47)59-54)45-31-26-40(27-32-45)41-28-34-48-51(36-41)57(42-16-6-2-7-17-42,43-18-8-3-9-19-43)55-49-21-11-13-23-53(49)60-56(48)55/h1-37H. The van der Waals surface area contributed by atoms with E-state index in [0.29, 0.717) is 0 Å². The molecule has 0 atom stereocenters. The maximum absolute atomic E-state index is 2.47. The predicted molar refractivity (Wildman–Crippen MR) is 258 cm³/mol. The van der Waals surface area contributed by atoms with Gasteiger partial charge in [-0.25, -0.2) is 0 Å². The zero-order valence-electron chi connectivity index (χ0n) is 32.6. The summed E-state index contributed by atoms with van der Waals surface area (Å²) >= 11 is 3.78. The first-order valence-electron chi connectivity index (χ1n) is 20.5. The number of benzene rings is 9. The van der Waals surface area contributed by atoms with Crippen molar-refractivity contribution in [3.05, 3.63) is 247 Å². The average Bonchev–Trinajstić information content (AvgIpc) is 3.98. The van der Waals surface area contributed by atoms with Gasteiger partial charge in [-0.05, 0) is 116 Å². The number of rotatable bonds is 7. The molecule has 0 bridgehead atoms. The molecule has 0 saturated carbocycles. The van der Waals surface area contributed by atoms with Gasteiger partial charge < -0.3 is 4.90 Å². The average molecular weight is 800 g/mol. The second-order valence-electron chi connectivity index (χ2n) is 15.6. The molecule has 12 rings (SSSR count). The van der Waals surface area contributed by atoms with Crippen molar-refractivity contribution in [3.8, 4) is 32.7 Å². The van der Waals surface area contributed by atoms with E-state index in [1.165, 1.54) is 85.2 Å². The number of hydrogen-bond acceptors (Lipinski definition) is 3. The van der Waals surface area contributed by atoms with E-state index < -0.39 is 5.41 Å². The van der Waals surface area contributed by atoms with Crippen LogP contribution < -0.4 is 4.90 Å². The third-order valence-corrected chi connectivity index (χ3v) is 14.7. The van der Waals surface area contributed by atoms with Crippen LogP contribution in [0.2, 0.25) is 0 Å². The highest BCUT2D eigenvalue weighted by atomic mass is 32.1. The molecule has 0 aliphatic heterocycles. The second kappa shape index (κ2) is 14.1. The van der Waals surface area contributed by atoms with E-state index in [1.54, 1.807) is 0 Å². The molecule has 1 aliphatic rings. The smallest absolute Gasteiger partial charge is 0.0728 e. The Morgan fingerprint density at radius 2 is 0.817 bits per heavy atom. The van der Waals surface area contributed by atoms with E-state index in [9.17, 15) is 0 Å². The second-order valence-corrected chi connectivity index (χ2v) is 17.8. The molecule has 2 heterocycles. The van der Waals surface area contributed by atoms with E-state index in [2.05, 4.69) is 229 Å². The Balaban J connectivity index is 1.00. The van der Waals surface area contributed by atoms with Gasteiger partial charge in [0.2, 0.25) is 0 Å². The molecule has 0 radical (unpaired) electrons. The molecule has 2 aromatic heterocycles. The van der Waals surface area contributed by atoms with Crippen molar-refractivity contribution in [2.24, 2.45) is 0 Å². The number of hydrogen-bond donors (Lipinski definition) is 0. The fourth-order valence-corrected chi connectivity index (χ4v) is 12.0. The first-order valence-corrected chi connectivity index (χ1v) is 22.1. The Kier molecular flexibility index (Phi) is 8.19. The van der Waals surface area contributed by atoms with Gasteiger partial charge >= 0.3 is 0 Å². The minimum absolute atomic E-state index is 0.462.